The Morgan fingerprint density at radius 1 is 1.05 bits per heavy atom. The Kier molecular flexibility index (Phi) is 2.23. The van der Waals surface area contributed by atoms with Gasteiger partial charge in [-0.05, 0) is 29.8 Å². The maximum atomic E-state index is 12.5. The van der Waals surface area contributed by atoms with Crippen LogP contribution >= 0.6 is 0 Å². The van der Waals surface area contributed by atoms with E-state index in [1.165, 1.54) is 0 Å². The molecule has 1 aromatic heterocycles. The molecule has 94 valence electrons. The van der Waals surface area contributed by atoms with Gasteiger partial charge in [-0.1, -0.05) is 18.2 Å². The summed E-state index contributed by atoms with van der Waals surface area (Å²) < 4.78 is 11.0. The first-order valence-electron chi connectivity index (χ1n) is 6.37. The molecule has 1 atom stereocenters. The Morgan fingerprint density at radius 3 is 2.68 bits per heavy atom. The number of epoxide rings is 1. The van der Waals surface area contributed by atoms with Gasteiger partial charge in [0.1, 0.15) is 11.2 Å². The summed E-state index contributed by atoms with van der Waals surface area (Å²) in [7, 11) is 0. The van der Waals surface area contributed by atoms with Crippen LogP contribution in [0.1, 0.15) is 5.56 Å². The van der Waals surface area contributed by atoms with Crippen molar-refractivity contribution in [3.05, 3.63) is 58.3 Å². The Bertz CT molecular complexity index is 828. The highest BCUT2D eigenvalue weighted by atomic mass is 16.6. The van der Waals surface area contributed by atoms with Crippen molar-refractivity contribution < 1.29 is 9.15 Å². The third-order valence-corrected chi connectivity index (χ3v) is 3.51. The van der Waals surface area contributed by atoms with Crippen LogP contribution in [0, 0.1) is 0 Å². The molecule has 1 unspecified atom stereocenters. The van der Waals surface area contributed by atoms with Crippen molar-refractivity contribution in [2.45, 2.75) is 12.5 Å². The number of rotatable bonds is 2. The lowest BCUT2D eigenvalue weighted by atomic mass is 10.1. The second kappa shape index (κ2) is 3.93. The molecule has 0 bridgehead atoms. The lowest BCUT2D eigenvalue weighted by Gasteiger charge is -2.03. The van der Waals surface area contributed by atoms with E-state index in [2.05, 4.69) is 0 Å². The molecule has 4 rings (SSSR count). The Labute approximate surface area is 109 Å². The molecule has 0 spiro atoms. The van der Waals surface area contributed by atoms with E-state index < -0.39 is 0 Å². The summed E-state index contributed by atoms with van der Waals surface area (Å²) in [4.78, 5) is 12.5. The summed E-state index contributed by atoms with van der Waals surface area (Å²) >= 11 is 0. The van der Waals surface area contributed by atoms with Crippen molar-refractivity contribution in [3.8, 4) is 0 Å². The molecule has 1 saturated heterocycles. The Morgan fingerprint density at radius 2 is 1.84 bits per heavy atom. The molecule has 19 heavy (non-hydrogen) atoms. The fourth-order valence-corrected chi connectivity index (χ4v) is 2.43. The first-order valence-corrected chi connectivity index (χ1v) is 6.37. The molecule has 1 fully saturated rings. The summed E-state index contributed by atoms with van der Waals surface area (Å²) in [5.74, 6) is 0. The number of para-hydroxylation sites is 1. The minimum atomic E-state index is 0.0374. The van der Waals surface area contributed by atoms with Crippen LogP contribution in [-0.2, 0) is 11.2 Å². The number of benzene rings is 2. The van der Waals surface area contributed by atoms with Crippen LogP contribution in [0.3, 0.4) is 0 Å². The number of hydrogen-bond donors (Lipinski definition) is 0. The van der Waals surface area contributed by atoms with Gasteiger partial charge in [-0.3, -0.25) is 4.79 Å². The van der Waals surface area contributed by atoms with E-state index in [9.17, 15) is 4.79 Å². The van der Waals surface area contributed by atoms with Crippen molar-refractivity contribution in [1.29, 1.82) is 0 Å². The smallest absolute Gasteiger partial charge is 0.200 e. The molecule has 0 N–H and O–H groups in total. The Balaban J connectivity index is 1.98. The number of ether oxygens (including phenoxy) is 1. The zero-order chi connectivity index (χ0) is 12.8. The fourth-order valence-electron chi connectivity index (χ4n) is 2.43. The van der Waals surface area contributed by atoms with Gasteiger partial charge in [0, 0.05) is 6.42 Å². The van der Waals surface area contributed by atoms with E-state index in [4.69, 9.17) is 9.15 Å². The molecule has 2 aromatic carbocycles. The van der Waals surface area contributed by atoms with Crippen LogP contribution in [0.2, 0.25) is 0 Å². The summed E-state index contributed by atoms with van der Waals surface area (Å²) in [6.07, 6.45) is 1.19. The van der Waals surface area contributed by atoms with Crippen LogP contribution in [0.25, 0.3) is 21.9 Å². The van der Waals surface area contributed by atoms with Crippen LogP contribution in [0.4, 0.5) is 0 Å². The van der Waals surface area contributed by atoms with E-state index in [0.29, 0.717) is 28.0 Å². The third kappa shape index (κ3) is 1.83. The van der Waals surface area contributed by atoms with Crippen molar-refractivity contribution in [3.63, 3.8) is 0 Å². The lowest BCUT2D eigenvalue weighted by Crippen LogP contribution is -2.03. The summed E-state index contributed by atoms with van der Waals surface area (Å²) in [6.45, 7) is 0.824. The van der Waals surface area contributed by atoms with Gasteiger partial charge in [0.2, 0.25) is 5.43 Å². The summed E-state index contributed by atoms with van der Waals surface area (Å²) in [5, 5.41) is 1.28. The summed E-state index contributed by atoms with van der Waals surface area (Å²) in [5.41, 5.74) is 2.44. The average Bonchev–Trinajstić information content (AvgIpc) is 3.24. The minimum absolute atomic E-state index is 0.0374. The number of fused-ring (bicyclic) bond motifs is 2. The molecule has 3 nitrogen and oxygen atoms in total. The van der Waals surface area contributed by atoms with Gasteiger partial charge < -0.3 is 9.15 Å². The third-order valence-electron chi connectivity index (χ3n) is 3.51. The van der Waals surface area contributed by atoms with E-state index in [1.54, 1.807) is 6.07 Å². The van der Waals surface area contributed by atoms with Crippen molar-refractivity contribution in [1.82, 2.24) is 0 Å². The lowest BCUT2D eigenvalue weighted by molar-refractivity contribution is 0.407. The topological polar surface area (TPSA) is 42.7 Å². The number of hydrogen-bond acceptors (Lipinski definition) is 3. The molecule has 0 aliphatic carbocycles. The van der Waals surface area contributed by atoms with Crippen molar-refractivity contribution in [2.75, 3.05) is 6.61 Å². The van der Waals surface area contributed by atoms with Crippen LogP contribution in [-0.4, -0.2) is 12.7 Å². The molecule has 0 amide bonds. The molecular weight excluding hydrogens is 240 g/mol. The molecule has 0 saturated carbocycles. The highest BCUT2D eigenvalue weighted by molar-refractivity contribution is 5.89. The van der Waals surface area contributed by atoms with Gasteiger partial charge in [0.05, 0.1) is 23.5 Å². The highest BCUT2D eigenvalue weighted by Gasteiger charge is 2.22. The van der Waals surface area contributed by atoms with Gasteiger partial charge in [-0.2, -0.15) is 0 Å². The molecular formula is C16H12O3. The zero-order valence-electron chi connectivity index (χ0n) is 10.3. The average molecular weight is 252 g/mol. The van der Waals surface area contributed by atoms with Crippen LogP contribution in [0.15, 0.2) is 51.7 Å². The quantitative estimate of drug-likeness (QED) is 0.520. The van der Waals surface area contributed by atoms with Crippen LogP contribution in [0.5, 0.6) is 0 Å². The second-order valence-electron chi connectivity index (χ2n) is 4.92. The van der Waals surface area contributed by atoms with Crippen LogP contribution < -0.4 is 5.43 Å². The highest BCUT2D eigenvalue weighted by Crippen LogP contribution is 2.22. The predicted octanol–water partition coefficient (Wildman–Crippen LogP) is 2.89. The molecule has 3 heteroatoms. The van der Waals surface area contributed by atoms with Gasteiger partial charge in [-0.15, -0.1) is 0 Å². The van der Waals surface area contributed by atoms with E-state index >= 15 is 0 Å². The normalized spacial score (nSPS) is 18.0. The van der Waals surface area contributed by atoms with Gasteiger partial charge in [0.25, 0.3) is 0 Å². The van der Waals surface area contributed by atoms with E-state index in [-0.39, 0.29) is 5.43 Å². The van der Waals surface area contributed by atoms with Gasteiger partial charge >= 0.3 is 0 Å². The molecule has 0 radical (unpaired) electrons. The minimum Gasteiger partial charge on any atom is -0.456 e. The first-order chi connectivity index (χ1) is 9.31. The largest absolute Gasteiger partial charge is 0.456 e. The standard InChI is InChI=1S/C16H12O3/c17-16-12-3-1-2-4-14(12)19-15-6-5-10(8-13(15)16)7-11-9-18-11/h1-6,8,11H,7,9H2. The van der Waals surface area contributed by atoms with E-state index in [1.807, 2.05) is 36.4 Å². The predicted molar refractivity (Wildman–Crippen MR) is 73.4 cm³/mol. The molecule has 3 aromatic rings. The maximum absolute atomic E-state index is 12.5. The van der Waals surface area contributed by atoms with Gasteiger partial charge in [-0.25, -0.2) is 0 Å². The monoisotopic (exact) mass is 252 g/mol. The van der Waals surface area contributed by atoms with Crippen molar-refractivity contribution in [2.24, 2.45) is 0 Å². The van der Waals surface area contributed by atoms with Gasteiger partial charge in [0.15, 0.2) is 0 Å². The zero-order valence-corrected chi connectivity index (χ0v) is 10.3. The van der Waals surface area contributed by atoms with E-state index in [0.717, 1.165) is 18.6 Å². The maximum Gasteiger partial charge on any atom is 0.200 e. The van der Waals surface area contributed by atoms with Crippen molar-refractivity contribution >= 4 is 21.9 Å². The molecule has 1 aliphatic heterocycles. The second-order valence-corrected chi connectivity index (χ2v) is 4.92. The molecule has 1 aliphatic rings. The first kappa shape index (κ1) is 10.8. The summed E-state index contributed by atoms with van der Waals surface area (Å²) in [6, 6.07) is 13.2. The SMILES string of the molecule is O=c1c2ccccc2oc2ccc(CC3CO3)cc12. The Hall–Kier alpha value is -2.13. The molecule has 2 heterocycles. The fraction of sp³-hybridized carbons (Fsp3) is 0.188.